The van der Waals surface area contributed by atoms with Crippen LogP contribution in [0.25, 0.3) is 22.6 Å². The Hall–Kier alpha value is -3.27. The van der Waals surface area contributed by atoms with Crippen LogP contribution in [0.4, 0.5) is 4.79 Å². The molecule has 2 heterocycles. The van der Waals surface area contributed by atoms with E-state index in [-0.39, 0.29) is 6.09 Å². The van der Waals surface area contributed by atoms with Crippen molar-refractivity contribution in [3.63, 3.8) is 0 Å². The normalized spacial score (nSPS) is 17.7. The lowest BCUT2D eigenvalue weighted by molar-refractivity contribution is 0.0259. The third-order valence-electron chi connectivity index (χ3n) is 6.00. The van der Waals surface area contributed by atoms with Gasteiger partial charge in [-0.15, -0.1) is 0 Å². The fourth-order valence-corrected chi connectivity index (χ4v) is 4.18. The molecule has 2 aromatic carbocycles. The molecule has 0 radical (unpaired) electrons. The number of ether oxygens (including phenoxy) is 1. The number of aryl methyl sites for hydroxylation is 1. The molecule has 0 spiro atoms. The molecule has 3 aromatic rings. The van der Waals surface area contributed by atoms with Gasteiger partial charge in [0.05, 0.1) is 0 Å². The number of benzene rings is 2. The Morgan fingerprint density at radius 2 is 1.91 bits per heavy atom. The zero-order valence-corrected chi connectivity index (χ0v) is 19.7. The number of aromatic nitrogens is 1. The molecule has 0 atom stereocenters. The first-order valence-electron chi connectivity index (χ1n) is 11.2. The highest BCUT2D eigenvalue weighted by Crippen LogP contribution is 2.33. The van der Waals surface area contributed by atoms with Crippen molar-refractivity contribution < 1.29 is 9.53 Å². The van der Waals surface area contributed by atoms with Crippen molar-refractivity contribution in [2.45, 2.75) is 46.6 Å². The molecule has 1 aliphatic rings. The van der Waals surface area contributed by atoms with Gasteiger partial charge >= 0.3 is 6.09 Å². The Balaban J connectivity index is 1.76. The zero-order chi connectivity index (χ0) is 22.9. The van der Waals surface area contributed by atoms with E-state index < -0.39 is 5.60 Å². The van der Waals surface area contributed by atoms with Crippen molar-refractivity contribution >= 4 is 28.6 Å². The van der Waals surface area contributed by atoms with Crippen LogP contribution < -0.4 is 0 Å². The number of likely N-dealkylation sites (tertiary alicyclic amines) is 1. The maximum Gasteiger partial charge on any atom is 0.410 e. The number of fused-ring (bicyclic) bond motifs is 1. The maximum absolute atomic E-state index is 12.8. The number of piperidine rings is 1. The SMILES string of the molecule is C/C(=C1/CN(C(=O)OC(C)(C)C)CC/C1=C/c1ccccc1C)c1ccc2[nH]ccc2c1. The molecule has 0 unspecified atom stereocenters. The molecule has 0 aliphatic carbocycles. The average Bonchev–Trinajstić information content (AvgIpc) is 3.22. The Bertz CT molecular complexity index is 1210. The van der Waals surface area contributed by atoms with Gasteiger partial charge in [-0.1, -0.05) is 36.4 Å². The van der Waals surface area contributed by atoms with Gasteiger partial charge < -0.3 is 14.6 Å². The first-order valence-corrected chi connectivity index (χ1v) is 11.2. The molecule has 1 N–H and O–H groups in total. The van der Waals surface area contributed by atoms with Gasteiger partial charge in [0.15, 0.2) is 0 Å². The number of nitrogens with zero attached hydrogens (tertiary/aromatic N) is 1. The predicted octanol–water partition coefficient (Wildman–Crippen LogP) is 6.97. The summed E-state index contributed by atoms with van der Waals surface area (Å²) < 4.78 is 5.67. The minimum absolute atomic E-state index is 0.251. The minimum Gasteiger partial charge on any atom is -0.444 e. The smallest absolute Gasteiger partial charge is 0.410 e. The summed E-state index contributed by atoms with van der Waals surface area (Å²) in [5.74, 6) is 0. The van der Waals surface area contributed by atoms with Crippen LogP contribution in [-0.2, 0) is 4.74 Å². The molecule has 166 valence electrons. The van der Waals surface area contributed by atoms with E-state index in [0.717, 1.165) is 11.9 Å². The van der Waals surface area contributed by atoms with E-state index >= 15 is 0 Å². The third kappa shape index (κ3) is 4.80. The molecule has 4 nitrogen and oxygen atoms in total. The Morgan fingerprint density at radius 1 is 1.12 bits per heavy atom. The molecule has 1 aromatic heterocycles. The molecule has 1 aliphatic heterocycles. The zero-order valence-electron chi connectivity index (χ0n) is 19.7. The van der Waals surface area contributed by atoms with Crippen LogP contribution in [0.15, 0.2) is 65.9 Å². The third-order valence-corrected chi connectivity index (χ3v) is 6.00. The Labute approximate surface area is 190 Å². The summed E-state index contributed by atoms with van der Waals surface area (Å²) in [5, 5.41) is 1.19. The second-order valence-corrected chi connectivity index (χ2v) is 9.56. The van der Waals surface area contributed by atoms with Crippen molar-refractivity contribution in [2.75, 3.05) is 13.1 Å². The van der Waals surface area contributed by atoms with Crippen molar-refractivity contribution in [2.24, 2.45) is 0 Å². The van der Waals surface area contributed by atoms with Gasteiger partial charge in [0.2, 0.25) is 0 Å². The van der Waals surface area contributed by atoms with E-state index in [0.29, 0.717) is 13.1 Å². The van der Waals surface area contributed by atoms with Gasteiger partial charge in [-0.25, -0.2) is 4.79 Å². The summed E-state index contributed by atoms with van der Waals surface area (Å²) >= 11 is 0. The number of nitrogens with one attached hydrogen (secondary N) is 1. The molecule has 4 rings (SSSR count). The molecule has 1 amide bonds. The summed E-state index contributed by atoms with van der Waals surface area (Å²) in [6, 6.07) is 17.0. The minimum atomic E-state index is -0.507. The van der Waals surface area contributed by atoms with Gasteiger partial charge in [0.1, 0.15) is 5.60 Å². The lowest BCUT2D eigenvalue weighted by Gasteiger charge is -2.33. The summed E-state index contributed by atoms with van der Waals surface area (Å²) in [5.41, 5.74) is 7.94. The molecule has 1 saturated heterocycles. The number of hydrogen-bond acceptors (Lipinski definition) is 2. The molecule has 32 heavy (non-hydrogen) atoms. The van der Waals surface area contributed by atoms with Crippen molar-refractivity contribution in [1.82, 2.24) is 9.88 Å². The number of H-pyrrole nitrogens is 1. The first-order chi connectivity index (χ1) is 15.2. The number of aromatic amines is 1. The molecule has 4 heteroatoms. The lowest BCUT2D eigenvalue weighted by Crippen LogP contribution is -2.41. The fraction of sp³-hybridized carbons (Fsp3) is 0.321. The van der Waals surface area contributed by atoms with Gasteiger partial charge in [-0.2, -0.15) is 0 Å². The van der Waals surface area contributed by atoms with Gasteiger partial charge in [-0.3, -0.25) is 0 Å². The van der Waals surface area contributed by atoms with E-state index in [9.17, 15) is 4.79 Å². The standard InChI is InChI=1S/C28H32N2O2/c1-19-8-6-7-9-21(19)16-23-13-15-30(27(31)32-28(3,4)5)18-25(23)20(2)22-10-11-26-24(17-22)12-14-29-26/h6-12,14,16-17,29H,13,15,18H2,1-5H3/b23-16-,25-20+. The number of amides is 1. The fourth-order valence-electron chi connectivity index (χ4n) is 4.18. The maximum atomic E-state index is 12.8. The van der Waals surface area contributed by atoms with E-state index in [2.05, 4.69) is 73.4 Å². The van der Waals surface area contributed by atoms with Crippen LogP contribution in [-0.4, -0.2) is 34.7 Å². The summed E-state index contributed by atoms with van der Waals surface area (Å²) in [6.07, 6.45) is 4.80. The van der Waals surface area contributed by atoms with E-state index in [1.807, 2.05) is 31.9 Å². The average molecular weight is 429 g/mol. The van der Waals surface area contributed by atoms with E-state index in [1.165, 1.54) is 38.8 Å². The van der Waals surface area contributed by atoms with Crippen molar-refractivity contribution in [1.29, 1.82) is 0 Å². The molecular weight excluding hydrogens is 396 g/mol. The topological polar surface area (TPSA) is 45.3 Å². The van der Waals surface area contributed by atoms with Gasteiger partial charge in [-0.05, 0) is 98.0 Å². The number of hydrogen-bond donors (Lipinski definition) is 1. The molecule has 0 saturated carbocycles. The van der Waals surface area contributed by atoms with Gasteiger partial charge in [0, 0.05) is 24.8 Å². The molecular formula is C28H32N2O2. The number of rotatable bonds is 2. The summed E-state index contributed by atoms with van der Waals surface area (Å²) in [6.45, 7) is 11.2. The van der Waals surface area contributed by atoms with E-state index in [4.69, 9.17) is 4.74 Å². The highest BCUT2D eigenvalue weighted by Gasteiger charge is 2.28. The quantitative estimate of drug-likeness (QED) is 0.479. The van der Waals surface area contributed by atoms with Crippen LogP contribution in [0.5, 0.6) is 0 Å². The van der Waals surface area contributed by atoms with Crippen LogP contribution >= 0.6 is 0 Å². The van der Waals surface area contributed by atoms with E-state index in [1.54, 1.807) is 0 Å². The van der Waals surface area contributed by atoms with Crippen molar-refractivity contribution in [3.05, 3.63) is 82.6 Å². The molecule has 1 fully saturated rings. The largest absolute Gasteiger partial charge is 0.444 e. The van der Waals surface area contributed by atoms with Crippen LogP contribution in [0, 0.1) is 6.92 Å². The number of allylic oxidation sites excluding steroid dienone is 1. The number of carbonyl (C=O) groups is 1. The lowest BCUT2D eigenvalue weighted by atomic mass is 9.88. The van der Waals surface area contributed by atoms with Gasteiger partial charge in [0.25, 0.3) is 0 Å². The first kappa shape index (κ1) is 21.9. The van der Waals surface area contributed by atoms with Crippen LogP contribution in [0.2, 0.25) is 0 Å². The highest BCUT2D eigenvalue weighted by atomic mass is 16.6. The number of carbonyl (C=O) groups excluding carboxylic acids is 1. The molecule has 0 bridgehead atoms. The van der Waals surface area contributed by atoms with Crippen LogP contribution in [0.3, 0.4) is 0 Å². The second kappa shape index (κ2) is 8.70. The summed E-state index contributed by atoms with van der Waals surface area (Å²) in [4.78, 5) is 17.9. The highest BCUT2D eigenvalue weighted by molar-refractivity contribution is 5.86. The predicted molar refractivity (Wildman–Crippen MR) is 132 cm³/mol. The van der Waals surface area contributed by atoms with Crippen LogP contribution in [0.1, 0.15) is 50.8 Å². The monoisotopic (exact) mass is 428 g/mol. The Morgan fingerprint density at radius 3 is 2.66 bits per heavy atom. The Kier molecular flexibility index (Phi) is 5.96. The summed E-state index contributed by atoms with van der Waals surface area (Å²) in [7, 11) is 0. The van der Waals surface area contributed by atoms with Crippen molar-refractivity contribution in [3.8, 4) is 0 Å². The second-order valence-electron chi connectivity index (χ2n) is 9.56.